The maximum absolute atomic E-state index is 14.5. The average molecular weight is 538 g/mol. The maximum Gasteiger partial charge on any atom is 0.244 e. The maximum atomic E-state index is 14.5. The first-order valence-corrected chi connectivity index (χ1v) is 14.4. The van der Waals surface area contributed by atoms with E-state index in [-0.39, 0.29) is 24.2 Å². The molecule has 36 heavy (non-hydrogen) atoms. The third-order valence-electron chi connectivity index (χ3n) is 6.44. The number of para-hydroxylation sites is 1. The molecule has 1 aliphatic carbocycles. The minimum absolute atomic E-state index is 0.00394. The zero-order valence-corrected chi connectivity index (χ0v) is 22.2. The first-order valence-electron chi connectivity index (χ1n) is 12.2. The van der Waals surface area contributed by atoms with E-state index in [1.807, 2.05) is 0 Å². The molecule has 7 nitrogen and oxygen atoms in total. The van der Waals surface area contributed by atoms with Gasteiger partial charge >= 0.3 is 0 Å². The van der Waals surface area contributed by atoms with E-state index < -0.39 is 34.3 Å². The fourth-order valence-corrected chi connectivity index (χ4v) is 5.57. The summed E-state index contributed by atoms with van der Waals surface area (Å²) < 4.78 is 40.4. The van der Waals surface area contributed by atoms with Crippen molar-refractivity contribution < 1.29 is 22.4 Å². The zero-order valence-electron chi connectivity index (χ0n) is 20.6. The molecule has 10 heteroatoms. The molecule has 1 N–H and O–H groups in total. The summed E-state index contributed by atoms with van der Waals surface area (Å²) in [6.07, 6.45) is 6.21. The molecule has 3 rings (SSSR count). The van der Waals surface area contributed by atoms with Crippen LogP contribution in [-0.2, 0) is 26.2 Å². The summed E-state index contributed by atoms with van der Waals surface area (Å²) in [5.74, 6) is -1.69. The van der Waals surface area contributed by atoms with E-state index in [2.05, 4.69) is 5.32 Å². The Morgan fingerprint density at radius 3 is 2.33 bits per heavy atom. The summed E-state index contributed by atoms with van der Waals surface area (Å²) >= 11 is 6.36. The highest BCUT2D eigenvalue weighted by Gasteiger charge is 2.33. The van der Waals surface area contributed by atoms with E-state index >= 15 is 0 Å². The van der Waals surface area contributed by atoms with Crippen LogP contribution in [0.2, 0.25) is 5.02 Å². The van der Waals surface area contributed by atoms with Crippen LogP contribution in [-0.4, -0.2) is 50.0 Å². The molecule has 196 valence electrons. The molecule has 0 aliphatic heterocycles. The van der Waals surface area contributed by atoms with E-state index in [4.69, 9.17) is 11.6 Å². The Bertz CT molecular complexity index is 1170. The van der Waals surface area contributed by atoms with E-state index in [1.165, 1.54) is 23.1 Å². The lowest BCUT2D eigenvalue weighted by atomic mass is 9.95. The SMILES string of the molecule is CC[C@H](C(=O)NC1CCCCC1)N(Cc1ccccc1Cl)C(=O)CN(c1ccccc1F)S(C)(=O)=O. The number of anilines is 1. The van der Waals surface area contributed by atoms with Gasteiger partial charge in [-0.2, -0.15) is 0 Å². The minimum Gasteiger partial charge on any atom is -0.352 e. The van der Waals surface area contributed by atoms with Crippen molar-refractivity contribution in [3.63, 3.8) is 0 Å². The normalized spacial score (nSPS) is 15.2. The van der Waals surface area contributed by atoms with Crippen molar-refractivity contribution in [1.82, 2.24) is 10.2 Å². The number of hydrogen-bond acceptors (Lipinski definition) is 4. The summed E-state index contributed by atoms with van der Waals surface area (Å²) in [5.41, 5.74) is 0.388. The van der Waals surface area contributed by atoms with Crippen LogP contribution in [0.1, 0.15) is 51.0 Å². The van der Waals surface area contributed by atoms with Crippen LogP contribution in [0.15, 0.2) is 48.5 Å². The van der Waals surface area contributed by atoms with Crippen molar-refractivity contribution in [2.75, 3.05) is 17.1 Å². The average Bonchev–Trinajstić information content (AvgIpc) is 2.84. The molecule has 1 aliphatic rings. The van der Waals surface area contributed by atoms with Crippen LogP contribution in [0.5, 0.6) is 0 Å². The molecule has 2 aromatic rings. The minimum atomic E-state index is -4.01. The fourth-order valence-electron chi connectivity index (χ4n) is 4.52. The van der Waals surface area contributed by atoms with Crippen LogP contribution < -0.4 is 9.62 Å². The van der Waals surface area contributed by atoms with E-state index in [0.717, 1.165) is 48.7 Å². The second-order valence-electron chi connectivity index (χ2n) is 9.10. The van der Waals surface area contributed by atoms with E-state index in [9.17, 15) is 22.4 Å². The van der Waals surface area contributed by atoms with Crippen LogP contribution in [0.4, 0.5) is 10.1 Å². The lowest BCUT2D eigenvalue weighted by Crippen LogP contribution is -2.54. The molecule has 0 saturated heterocycles. The highest BCUT2D eigenvalue weighted by atomic mass is 35.5. The molecule has 0 aromatic heterocycles. The van der Waals surface area contributed by atoms with Crippen LogP contribution in [0.25, 0.3) is 0 Å². The summed E-state index contributed by atoms with van der Waals surface area (Å²) in [7, 11) is -4.01. The van der Waals surface area contributed by atoms with Gasteiger partial charge in [-0.3, -0.25) is 13.9 Å². The highest BCUT2D eigenvalue weighted by molar-refractivity contribution is 7.92. The number of sulfonamides is 1. The van der Waals surface area contributed by atoms with Gasteiger partial charge in [-0.1, -0.05) is 68.1 Å². The van der Waals surface area contributed by atoms with Gasteiger partial charge < -0.3 is 10.2 Å². The Balaban J connectivity index is 1.93. The number of amides is 2. The van der Waals surface area contributed by atoms with Crippen LogP contribution in [0, 0.1) is 5.82 Å². The topological polar surface area (TPSA) is 86.8 Å². The molecular weight excluding hydrogens is 505 g/mol. The molecule has 1 atom stereocenters. The second kappa shape index (κ2) is 12.5. The molecule has 0 unspecified atom stereocenters. The van der Waals surface area contributed by atoms with Crippen LogP contribution in [0.3, 0.4) is 0 Å². The molecule has 0 bridgehead atoms. The summed E-state index contributed by atoms with van der Waals surface area (Å²) in [6, 6.07) is 11.5. The van der Waals surface area contributed by atoms with Gasteiger partial charge in [0.05, 0.1) is 11.9 Å². The Hall–Kier alpha value is -2.65. The number of carbonyl (C=O) groups is 2. The number of carbonyl (C=O) groups excluding carboxylic acids is 2. The van der Waals surface area contributed by atoms with Crippen molar-refractivity contribution >= 4 is 39.1 Å². The number of nitrogens with zero attached hydrogens (tertiary/aromatic N) is 2. The third-order valence-corrected chi connectivity index (χ3v) is 7.93. The van der Waals surface area contributed by atoms with Gasteiger partial charge in [0.1, 0.15) is 18.4 Å². The molecule has 2 aromatic carbocycles. The predicted octanol–water partition coefficient (Wildman–Crippen LogP) is 4.50. The molecule has 2 amide bonds. The predicted molar refractivity (Wildman–Crippen MR) is 140 cm³/mol. The van der Waals surface area contributed by atoms with Crippen molar-refractivity contribution in [3.05, 3.63) is 64.9 Å². The first kappa shape index (κ1) is 27.9. The molecule has 1 fully saturated rings. The number of rotatable bonds is 10. The summed E-state index contributed by atoms with van der Waals surface area (Å²) in [5, 5.41) is 3.50. The quantitative estimate of drug-likeness (QED) is 0.483. The third kappa shape index (κ3) is 7.20. The zero-order chi connectivity index (χ0) is 26.3. The highest BCUT2D eigenvalue weighted by Crippen LogP contribution is 2.24. The first-order chi connectivity index (χ1) is 17.1. The lowest BCUT2D eigenvalue weighted by Gasteiger charge is -2.34. The Kier molecular flexibility index (Phi) is 9.73. The van der Waals surface area contributed by atoms with Crippen LogP contribution >= 0.6 is 11.6 Å². The van der Waals surface area contributed by atoms with Crippen molar-refractivity contribution in [1.29, 1.82) is 0 Å². The Morgan fingerprint density at radius 2 is 1.72 bits per heavy atom. The smallest absolute Gasteiger partial charge is 0.244 e. The molecule has 0 radical (unpaired) electrons. The number of nitrogens with one attached hydrogen (secondary N) is 1. The van der Waals surface area contributed by atoms with Gasteiger partial charge in [0, 0.05) is 17.6 Å². The van der Waals surface area contributed by atoms with Gasteiger partial charge in [0.15, 0.2) is 0 Å². The molecular formula is C26H33ClFN3O4S. The van der Waals surface area contributed by atoms with Gasteiger partial charge in [-0.15, -0.1) is 0 Å². The summed E-state index contributed by atoms with van der Waals surface area (Å²) in [4.78, 5) is 28.4. The molecule has 0 heterocycles. The Labute approximate surface area is 217 Å². The summed E-state index contributed by atoms with van der Waals surface area (Å²) in [6.45, 7) is 1.14. The number of benzene rings is 2. The molecule has 1 saturated carbocycles. The second-order valence-corrected chi connectivity index (χ2v) is 11.4. The molecule has 0 spiro atoms. The van der Waals surface area contributed by atoms with Crippen molar-refractivity contribution in [2.24, 2.45) is 0 Å². The van der Waals surface area contributed by atoms with Gasteiger partial charge in [-0.25, -0.2) is 12.8 Å². The van der Waals surface area contributed by atoms with E-state index in [1.54, 1.807) is 31.2 Å². The van der Waals surface area contributed by atoms with Gasteiger partial charge in [0.25, 0.3) is 0 Å². The number of hydrogen-bond donors (Lipinski definition) is 1. The fraction of sp³-hybridized carbons (Fsp3) is 0.462. The Morgan fingerprint density at radius 1 is 1.08 bits per heavy atom. The van der Waals surface area contributed by atoms with E-state index in [0.29, 0.717) is 17.0 Å². The van der Waals surface area contributed by atoms with Crippen molar-refractivity contribution in [2.45, 2.75) is 64.1 Å². The van der Waals surface area contributed by atoms with Gasteiger partial charge in [0.2, 0.25) is 21.8 Å². The standard InChI is InChI=1S/C26H33ClFN3O4S/c1-3-23(26(33)29-20-12-5-4-6-13-20)30(17-19-11-7-8-14-21(19)27)25(32)18-31(36(2,34)35)24-16-10-9-15-22(24)28/h7-11,14-16,20,23H,3-6,12-13,17-18H2,1-2H3,(H,29,33)/t23-/m1/s1. The monoisotopic (exact) mass is 537 g/mol. The van der Waals surface area contributed by atoms with Crippen molar-refractivity contribution in [3.8, 4) is 0 Å². The lowest BCUT2D eigenvalue weighted by molar-refractivity contribution is -0.140. The number of halogens is 2. The largest absolute Gasteiger partial charge is 0.352 e. The van der Waals surface area contributed by atoms with Gasteiger partial charge in [-0.05, 0) is 43.0 Å².